The molecule has 1 unspecified atom stereocenters. The van der Waals surface area contributed by atoms with Gasteiger partial charge in [0.15, 0.2) is 0 Å². The molecule has 0 fully saturated rings. The van der Waals surface area contributed by atoms with Gasteiger partial charge in [0.1, 0.15) is 0 Å². The van der Waals surface area contributed by atoms with Crippen LogP contribution in [0.25, 0.3) is 10.8 Å². The van der Waals surface area contributed by atoms with Gasteiger partial charge < -0.3 is 5.73 Å². The van der Waals surface area contributed by atoms with E-state index in [0.717, 1.165) is 10.9 Å². The second kappa shape index (κ2) is 6.00. The lowest BCUT2D eigenvalue weighted by molar-refractivity contribution is 0.724. The van der Waals surface area contributed by atoms with Crippen molar-refractivity contribution in [2.45, 2.75) is 19.4 Å². The van der Waals surface area contributed by atoms with Gasteiger partial charge in [-0.05, 0) is 46.9 Å². The Kier molecular flexibility index (Phi) is 4.09. The standard InChI is InChI=1S/C19H18BrN/c1-13-9-10-16(11-18(13)20)19(21)12-15-7-4-6-14-5-2-3-8-17(14)15/h2-11,19H,12,21H2,1H3. The van der Waals surface area contributed by atoms with E-state index in [0.29, 0.717) is 0 Å². The van der Waals surface area contributed by atoms with Crippen LogP contribution in [-0.2, 0) is 6.42 Å². The van der Waals surface area contributed by atoms with Crippen LogP contribution in [0.15, 0.2) is 65.1 Å². The fourth-order valence-corrected chi connectivity index (χ4v) is 3.06. The topological polar surface area (TPSA) is 26.0 Å². The predicted octanol–water partition coefficient (Wildman–Crippen LogP) is 5.15. The number of benzene rings is 3. The monoisotopic (exact) mass is 339 g/mol. The molecule has 3 aromatic carbocycles. The summed E-state index contributed by atoms with van der Waals surface area (Å²) in [6.45, 7) is 2.09. The molecular formula is C19H18BrN. The summed E-state index contributed by atoms with van der Waals surface area (Å²) in [5, 5.41) is 2.56. The number of aryl methyl sites for hydroxylation is 1. The smallest absolute Gasteiger partial charge is 0.0336 e. The molecule has 1 atom stereocenters. The Morgan fingerprint density at radius 1 is 1.00 bits per heavy atom. The van der Waals surface area contributed by atoms with Crippen LogP contribution in [0.2, 0.25) is 0 Å². The summed E-state index contributed by atoms with van der Waals surface area (Å²) in [6, 6.07) is 21.3. The van der Waals surface area contributed by atoms with Crippen molar-refractivity contribution in [3.63, 3.8) is 0 Å². The van der Waals surface area contributed by atoms with Crippen LogP contribution in [-0.4, -0.2) is 0 Å². The van der Waals surface area contributed by atoms with Crippen LogP contribution < -0.4 is 5.73 Å². The molecule has 0 bridgehead atoms. The van der Waals surface area contributed by atoms with Gasteiger partial charge >= 0.3 is 0 Å². The summed E-state index contributed by atoms with van der Waals surface area (Å²) in [7, 11) is 0. The maximum Gasteiger partial charge on any atom is 0.0336 e. The van der Waals surface area contributed by atoms with E-state index in [1.807, 2.05) is 0 Å². The molecule has 0 aliphatic rings. The normalized spacial score (nSPS) is 12.5. The first kappa shape index (κ1) is 14.3. The molecule has 21 heavy (non-hydrogen) atoms. The number of fused-ring (bicyclic) bond motifs is 1. The summed E-state index contributed by atoms with van der Waals surface area (Å²) in [4.78, 5) is 0. The van der Waals surface area contributed by atoms with Crippen LogP contribution in [0, 0.1) is 6.92 Å². The first-order valence-corrected chi connectivity index (χ1v) is 7.93. The van der Waals surface area contributed by atoms with E-state index in [1.54, 1.807) is 0 Å². The minimum absolute atomic E-state index is 0.00714. The lowest BCUT2D eigenvalue weighted by Crippen LogP contribution is -2.13. The second-order valence-electron chi connectivity index (χ2n) is 5.46. The number of hydrogen-bond acceptors (Lipinski definition) is 1. The average Bonchev–Trinajstić information content (AvgIpc) is 2.50. The van der Waals surface area contributed by atoms with Crippen molar-refractivity contribution < 1.29 is 0 Å². The van der Waals surface area contributed by atoms with Crippen molar-refractivity contribution in [2.24, 2.45) is 5.73 Å². The molecule has 0 saturated heterocycles. The maximum absolute atomic E-state index is 6.42. The molecule has 3 aromatic rings. The first-order valence-electron chi connectivity index (χ1n) is 7.13. The summed E-state index contributed by atoms with van der Waals surface area (Å²) in [5.41, 5.74) is 10.1. The van der Waals surface area contributed by atoms with Crippen LogP contribution in [0.5, 0.6) is 0 Å². The highest BCUT2D eigenvalue weighted by Gasteiger charge is 2.10. The molecule has 0 aromatic heterocycles. The molecule has 3 rings (SSSR count). The van der Waals surface area contributed by atoms with Crippen molar-refractivity contribution in [1.82, 2.24) is 0 Å². The molecule has 0 spiro atoms. The Balaban J connectivity index is 1.92. The van der Waals surface area contributed by atoms with Gasteiger partial charge in [0.05, 0.1) is 0 Å². The molecule has 0 radical (unpaired) electrons. The molecule has 2 N–H and O–H groups in total. The van der Waals surface area contributed by atoms with Crippen molar-refractivity contribution in [2.75, 3.05) is 0 Å². The van der Waals surface area contributed by atoms with Gasteiger partial charge in [-0.2, -0.15) is 0 Å². The Morgan fingerprint density at radius 2 is 1.76 bits per heavy atom. The van der Waals surface area contributed by atoms with Gasteiger partial charge in [-0.3, -0.25) is 0 Å². The van der Waals surface area contributed by atoms with Crippen LogP contribution in [0.3, 0.4) is 0 Å². The SMILES string of the molecule is Cc1ccc(C(N)Cc2cccc3ccccc23)cc1Br. The quantitative estimate of drug-likeness (QED) is 0.701. The molecule has 0 saturated carbocycles. The zero-order valence-electron chi connectivity index (χ0n) is 12.0. The molecule has 2 heteroatoms. The minimum atomic E-state index is 0.00714. The van der Waals surface area contributed by atoms with E-state index in [4.69, 9.17) is 5.73 Å². The Morgan fingerprint density at radius 3 is 2.57 bits per heavy atom. The number of rotatable bonds is 3. The van der Waals surface area contributed by atoms with Crippen molar-refractivity contribution in [3.8, 4) is 0 Å². The van der Waals surface area contributed by atoms with Gasteiger partial charge in [0, 0.05) is 10.5 Å². The third-order valence-electron chi connectivity index (χ3n) is 3.94. The van der Waals surface area contributed by atoms with Crippen molar-refractivity contribution in [3.05, 3.63) is 81.8 Å². The van der Waals surface area contributed by atoms with Gasteiger partial charge in [-0.1, -0.05) is 70.5 Å². The van der Waals surface area contributed by atoms with E-state index in [9.17, 15) is 0 Å². The van der Waals surface area contributed by atoms with Crippen molar-refractivity contribution >= 4 is 26.7 Å². The van der Waals surface area contributed by atoms with E-state index < -0.39 is 0 Å². The summed E-state index contributed by atoms with van der Waals surface area (Å²) in [5.74, 6) is 0. The maximum atomic E-state index is 6.42. The fourth-order valence-electron chi connectivity index (χ4n) is 2.67. The fraction of sp³-hybridized carbons (Fsp3) is 0.158. The van der Waals surface area contributed by atoms with Gasteiger partial charge in [0.25, 0.3) is 0 Å². The number of halogens is 1. The number of hydrogen-bond donors (Lipinski definition) is 1. The third kappa shape index (κ3) is 3.02. The Bertz CT molecular complexity index is 774. The summed E-state index contributed by atoms with van der Waals surface area (Å²) in [6.07, 6.45) is 0.844. The van der Waals surface area contributed by atoms with Crippen molar-refractivity contribution in [1.29, 1.82) is 0 Å². The lowest BCUT2D eigenvalue weighted by Gasteiger charge is -2.15. The average molecular weight is 340 g/mol. The highest BCUT2D eigenvalue weighted by molar-refractivity contribution is 9.10. The molecule has 106 valence electrons. The van der Waals surface area contributed by atoms with E-state index in [-0.39, 0.29) is 6.04 Å². The van der Waals surface area contributed by atoms with E-state index in [1.165, 1.54) is 27.5 Å². The highest BCUT2D eigenvalue weighted by Crippen LogP contribution is 2.26. The molecule has 0 amide bonds. The Hall–Kier alpha value is -1.64. The summed E-state index contributed by atoms with van der Waals surface area (Å²) < 4.78 is 1.12. The summed E-state index contributed by atoms with van der Waals surface area (Å²) >= 11 is 3.58. The molecule has 0 aliphatic heterocycles. The van der Waals surface area contributed by atoms with Gasteiger partial charge in [-0.25, -0.2) is 0 Å². The molecular weight excluding hydrogens is 322 g/mol. The van der Waals surface area contributed by atoms with E-state index >= 15 is 0 Å². The molecule has 1 nitrogen and oxygen atoms in total. The second-order valence-corrected chi connectivity index (χ2v) is 6.31. The predicted molar refractivity (Wildman–Crippen MR) is 93.5 cm³/mol. The molecule has 0 aliphatic carbocycles. The molecule has 0 heterocycles. The van der Waals surface area contributed by atoms with Crippen LogP contribution >= 0.6 is 15.9 Å². The van der Waals surface area contributed by atoms with E-state index in [2.05, 4.69) is 83.5 Å². The Labute approximate surface area is 133 Å². The number of nitrogens with two attached hydrogens (primary N) is 1. The lowest BCUT2D eigenvalue weighted by atomic mass is 9.95. The zero-order valence-corrected chi connectivity index (χ0v) is 13.6. The first-order chi connectivity index (χ1) is 10.1. The minimum Gasteiger partial charge on any atom is -0.324 e. The third-order valence-corrected chi connectivity index (χ3v) is 4.80. The largest absolute Gasteiger partial charge is 0.324 e. The van der Waals surface area contributed by atoms with Crippen LogP contribution in [0.4, 0.5) is 0 Å². The zero-order chi connectivity index (χ0) is 14.8. The van der Waals surface area contributed by atoms with Gasteiger partial charge in [0.2, 0.25) is 0 Å². The highest BCUT2D eigenvalue weighted by atomic mass is 79.9. The van der Waals surface area contributed by atoms with Gasteiger partial charge in [-0.15, -0.1) is 0 Å². The van der Waals surface area contributed by atoms with Crippen LogP contribution in [0.1, 0.15) is 22.7 Å².